The lowest BCUT2D eigenvalue weighted by Gasteiger charge is -2.07. The molecule has 2 nitrogen and oxygen atoms in total. The quantitative estimate of drug-likeness (QED) is 0.400. The minimum absolute atomic E-state index is 0.772. The summed E-state index contributed by atoms with van der Waals surface area (Å²) in [6.07, 6.45) is 4.77. The van der Waals surface area contributed by atoms with Crippen LogP contribution in [-0.2, 0) is 9.47 Å². The van der Waals surface area contributed by atoms with E-state index in [1.807, 2.05) is 0 Å². The average Bonchev–Trinajstić information content (AvgIpc) is 2.37. The molecule has 0 rings (SSSR count). The van der Waals surface area contributed by atoms with Gasteiger partial charge in [-0.1, -0.05) is 55.4 Å². The van der Waals surface area contributed by atoms with E-state index in [2.05, 4.69) is 55.4 Å². The Morgan fingerprint density at radius 3 is 0.727 bits per heavy atom. The zero-order chi connectivity index (χ0) is 17.4. The fraction of sp³-hybridized carbons (Fsp3) is 1.00. The zero-order valence-corrected chi connectivity index (χ0v) is 16.8. The van der Waals surface area contributed by atoms with Gasteiger partial charge in [0.15, 0.2) is 0 Å². The van der Waals surface area contributed by atoms with E-state index >= 15 is 0 Å². The van der Waals surface area contributed by atoms with Crippen LogP contribution in [0.15, 0.2) is 0 Å². The average molecular weight is 317 g/mol. The van der Waals surface area contributed by atoms with Crippen LogP contribution < -0.4 is 0 Å². The van der Waals surface area contributed by atoms with Gasteiger partial charge in [0, 0.05) is 26.4 Å². The molecule has 22 heavy (non-hydrogen) atoms. The number of hydrogen-bond acceptors (Lipinski definition) is 2. The molecule has 0 atom stereocenters. The Labute approximate surface area is 141 Å². The molecule has 2 heteroatoms. The van der Waals surface area contributed by atoms with Crippen molar-refractivity contribution in [1.82, 2.24) is 0 Å². The van der Waals surface area contributed by atoms with Gasteiger partial charge in [-0.15, -0.1) is 0 Å². The lowest BCUT2D eigenvalue weighted by Crippen LogP contribution is -2.02. The van der Waals surface area contributed by atoms with E-state index in [0.29, 0.717) is 0 Å². The van der Waals surface area contributed by atoms with E-state index in [-0.39, 0.29) is 0 Å². The van der Waals surface area contributed by atoms with Gasteiger partial charge in [0.25, 0.3) is 0 Å². The molecule has 0 spiro atoms. The van der Waals surface area contributed by atoms with Gasteiger partial charge in [0.2, 0.25) is 0 Å². The van der Waals surface area contributed by atoms with Crippen molar-refractivity contribution in [2.75, 3.05) is 26.4 Å². The van der Waals surface area contributed by atoms with Crippen molar-refractivity contribution in [2.24, 2.45) is 23.7 Å². The Hall–Kier alpha value is -0.0800. The number of rotatable bonds is 12. The smallest absolute Gasteiger partial charge is 0.0468 e. The molecule has 0 saturated heterocycles. The fourth-order valence-electron chi connectivity index (χ4n) is 1.48. The van der Waals surface area contributed by atoms with Crippen LogP contribution in [0.1, 0.15) is 81.1 Å². The third-order valence-corrected chi connectivity index (χ3v) is 3.36. The first kappa shape index (κ1) is 24.2. The maximum atomic E-state index is 5.46. The van der Waals surface area contributed by atoms with Gasteiger partial charge in [0.05, 0.1) is 0 Å². The Kier molecular flexibility index (Phi) is 19.0. The van der Waals surface area contributed by atoms with Crippen LogP contribution in [0, 0.1) is 23.7 Å². The van der Waals surface area contributed by atoms with Gasteiger partial charge in [0.1, 0.15) is 0 Å². The predicted octanol–water partition coefficient (Wildman–Crippen LogP) is 6.19. The number of ether oxygens (including phenoxy) is 2. The first-order chi connectivity index (χ1) is 10.3. The summed E-state index contributed by atoms with van der Waals surface area (Å²) in [5, 5.41) is 0. The molecule has 0 N–H and O–H groups in total. The van der Waals surface area contributed by atoms with Gasteiger partial charge >= 0.3 is 0 Å². The van der Waals surface area contributed by atoms with E-state index in [0.717, 1.165) is 50.1 Å². The van der Waals surface area contributed by atoms with Crippen LogP contribution >= 0.6 is 0 Å². The molecule has 0 radical (unpaired) electrons. The van der Waals surface area contributed by atoms with Crippen molar-refractivity contribution in [3.05, 3.63) is 0 Å². The monoisotopic (exact) mass is 316 g/mol. The molecule has 136 valence electrons. The van der Waals surface area contributed by atoms with E-state index < -0.39 is 0 Å². The maximum Gasteiger partial charge on any atom is 0.0468 e. The SMILES string of the molecule is CC(C)CCOCCC(C)C.CC(C)CCOCCC(C)C. The normalized spacial score (nSPS) is 11.5. The highest BCUT2D eigenvalue weighted by Crippen LogP contribution is 2.03. The summed E-state index contributed by atoms with van der Waals surface area (Å²) >= 11 is 0. The lowest BCUT2D eigenvalue weighted by molar-refractivity contribution is 0.114. The van der Waals surface area contributed by atoms with Crippen LogP contribution in [-0.4, -0.2) is 26.4 Å². The minimum Gasteiger partial charge on any atom is -0.381 e. The van der Waals surface area contributed by atoms with E-state index in [1.165, 1.54) is 25.7 Å². The zero-order valence-electron chi connectivity index (χ0n) is 16.8. The van der Waals surface area contributed by atoms with Crippen molar-refractivity contribution in [1.29, 1.82) is 0 Å². The molecule has 0 aliphatic rings. The van der Waals surface area contributed by atoms with Crippen molar-refractivity contribution >= 4 is 0 Å². The third-order valence-electron chi connectivity index (χ3n) is 3.36. The van der Waals surface area contributed by atoms with Crippen molar-refractivity contribution in [3.63, 3.8) is 0 Å². The van der Waals surface area contributed by atoms with Gasteiger partial charge < -0.3 is 9.47 Å². The van der Waals surface area contributed by atoms with Gasteiger partial charge in [-0.3, -0.25) is 0 Å². The Morgan fingerprint density at radius 2 is 0.591 bits per heavy atom. The summed E-state index contributed by atoms with van der Waals surface area (Å²) in [6, 6.07) is 0. The van der Waals surface area contributed by atoms with Crippen molar-refractivity contribution in [2.45, 2.75) is 81.1 Å². The summed E-state index contributed by atoms with van der Waals surface area (Å²) in [6.45, 7) is 21.6. The van der Waals surface area contributed by atoms with Crippen LogP contribution in [0.5, 0.6) is 0 Å². The van der Waals surface area contributed by atoms with Crippen molar-refractivity contribution in [3.8, 4) is 0 Å². The lowest BCUT2D eigenvalue weighted by atomic mass is 10.1. The van der Waals surface area contributed by atoms with E-state index in [9.17, 15) is 0 Å². The predicted molar refractivity (Wildman–Crippen MR) is 99.5 cm³/mol. The highest BCUT2D eigenvalue weighted by atomic mass is 16.5. The molecule has 0 unspecified atom stereocenters. The molecular formula is C20H44O2. The van der Waals surface area contributed by atoms with Gasteiger partial charge in [-0.05, 0) is 49.4 Å². The molecule has 0 heterocycles. The summed E-state index contributed by atoms with van der Waals surface area (Å²) < 4.78 is 10.9. The highest BCUT2D eigenvalue weighted by molar-refractivity contribution is 4.46. The maximum absolute atomic E-state index is 5.46. The van der Waals surface area contributed by atoms with E-state index in [1.54, 1.807) is 0 Å². The summed E-state index contributed by atoms with van der Waals surface area (Å²) in [5.41, 5.74) is 0. The Morgan fingerprint density at radius 1 is 0.409 bits per heavy atom. The third kappa shape index (κ3) is 28.1. The standard InChI is InChI=1S/2C10H22O/c2*1-9(2)5-7-11-8-6-10(3)4/h2*9-10H,5-8H2,1-4H3. The Balaban J connectivity index is 0. The topological polar surface area (TPSA) is 18.5 Å². The summed E-state index contributed by atoms with van der Waals surface area (Å²) in [5.74, 6) is 3.09. The molecule has 0 aliphatic carbocycles. The molecule has 0 aromatic carbocycles. The first-order valence-electron chi connectivity index (χ1n) is 9.41. The second kappa shape index (κ2) is 17.3. The molecule has 0 aromatic rings. The molecule has 0 saturated carbocycles. The van der Waals surface area contributed by atoms with Crippen LogP contribution in [0.2, 0.25) is 0 Å². The fourth-order valence-corrected chi connectivity index (χ4v) is 1.48. The first-order valence-corrected chi connectivity index (χ1v) is 9.41. The molecule has 0 aliphatic heterocycles. The molecule has 0 amide bonds. The van der Waals surface area contributed by atoms with Crippen LogP contribution in [0.25, 0.3) is 0 Å². The Bertz CT molecular complexity index is 156. The molecule has 0 fully saturated rings. The largest absolute Gasteiger partial charge is 0.381 e. The second-order valence-corrected chi connectivity index (χ2v) is 7.95. The van der Waals surface area contributed by atoms with Gasteiger partial charge in [-0.2, -0.15) is 0 Å². The van der Waals surface area contributed by atoms with Crippen LogP contribution in [0.4, 0.5) is 0 Å². The van der Waals surface area contributed by atoms with Gasteiger partial charge in [-0.25, -0.2) is 0 Å². The van der Waals surface area contributed by atoms with E-state index in [4.69, 9.17) is 9.47 Å². The van der Waals surface area contributed by atoms with Crippen molar-refractivity contribution < 1.29 is 9.47 Å². The summed E-state index contributed by atoms with van der Waals surface area (Å²) in [4.78, 5) is 0. The molecule has 0 aromatic heterocycles. The minimum atomic E-state index is 0.772. The highest BCUT2D eigenvalue weighted by Gasteiger charge is 1.96. The second-order valence-electron chi connectivity index (χ2n) is 7.95. The molecular weight excluding hydrogens is 272 g/mol. The molecule has 0 bridgehead atoms. The van der Waals surface area contributed by atoms with Crippen LogP contribution in [0.3, 0.4) is 0 Å². The summed E-state index contributed by atoms with van der Waals surface area (Å²) in [7, 11) is 0. The number of hydrogen-bond donors (Lipinski definition) is 0.